The van der Waals surface area contributed by atoms with Crippen LogP contribution in [0.3, 0.4) is 0 Å². The van der Waals surface area contributed by atoms with Gasteiger partial charge >= 0.3 is 0 Å². The van der Waals surface area contributed by atoms with Crippen molar-refractivity contribution in [3.63, 3.8) is 0 Å². The Bertz CT molecular complexity index is 1030. The Kier molecular flexibility index (Phi) is 7.88. The third kappa shape index (κ3) is 5.43. The monoisotopic (exact) mass is 498 g/mol. The first kappa shape index (κ1) is 25.5. The summed E-state index contributed by atoms with van der Waals surface area (Å²) in [5, 5.41) is 0. The number of hydrogen-bond acceptors (Lipinski definition) is 0. The second-order valence-electron chi connectivity index (χ2n) is 11.7. The Hall–Kier alpha value is -2.10. The van der Waals surface area contributed by atoms with Crippen LogP contribution in [-0.4, -0.2) is 0 Å². The maximum absolute atomic E-state index is 15.2. The molecule has 3 aliphatic rings. The summed E-state index contributed by atoms with van der Waals surface area (Å²) in [5.41, 5.74) is 2.63. The molecule has 5 rings (SSSR count). The zero-order valence-corrected chi connectivity index (χ0v) is 21.1. The van der Waals surface area contributed by atoms with E-state index in [9.17, 15) is 13.2 Å². The molecule has 0 unspecified atom stereocenters. The van der Waals surface area contributed by atoms with Gasteiger partial charge in [-0.15, -0.1) is 6.58 Å². The lowest BCUT2D eigenvalue weighted by Crippen LogP contribution is -2.25. The summed E-state index contributed by atoms with van der Waals surface area (Å²) in [6, 6.07) is 8.37. The van der Waals surface area contributed by atoms with Crippen molar-refractivity contribution in [1.82, 2.24) is 0 Å². The van der Waals surface area contributed by atoms with E-state index in [1.165, 1.54) is 12.1 Å². The van der Waals surface area contributed by atoms with Crippen LogP contribution in [0.2, 0.25) is 0 Å². The van der Waals surface area contributed by atoms with Crippen LogP contribution in [0.1, 0.15) is 111 Å². The molecule has 0 bridgehead atoms. The molecule has 0 radical (unpaired) electrons. The van der Waals surface area contributed by atoms with Crippen LogP contribution >= 0.6 is 0 Å². The van der Waals surface area contributed by atoms with E-state index in [0.717, 1.165) is 88.2 Å². The second-order valence-corrected chi connectivity index (χ2v) is 11.7. The van der Waals surface area contributed by atoms with Crippen LogP contribution in [0, 0.1) is 41.0 Å². The lowest BCUT2D eigenvalue weighted by atomic mass is 9.67. The van der Waals surface area contributed by atoms with Crippen LogP contribution in [0.15, 0.2) is 43.0 Å². The Morgan fingerprint density at radius 2 is 1.03 bits per heavy atom. The Labute approximate surface area is 213 Å². The van der Waals surface area contributed by atoms with Crippen molar-refractivity contribution >= 4 is 0 Å². The van der Waals surface area contributed by atoms with E-state index >= 15 is 4.39 Å². The maximum Gasteiger partial charge on any atom is 0.194 e. The molecule has 2 aromatic rings. The molecule has 0 aromatic heterocycles. The lowest BCUT2D eigenvalue weighted by Gasteiger charge is -2.38. The molecular weight excluding hydrogens is 460 g/mol. The van der Waals surface area contributed by atoms with Gasteiger partial charge in [-0.25, -0.2) is 17.6 Å². The number of rotatable bonds is 5. The highest BCUT2D eigenvalue weighted by atomic mass is 19.2. The maximum atomic E-state index is 15.2. The zero-order valence-electron chi connectivity index (χ0n) is 21.1. The van der Waals surface area contributed by atoms with Crippen molar-refractivity contribution in [1.29, 1.82) is 0 Å². The lowest BCUT2D eigenvalue weighted by molar-refractivity contribution is 0.176. The van der Waals surface area contributed by atoms with E-state index in [1.54, 1.807) is 0 Å². The zero-order chi connectivity index (χ0) is 25.2. The minimum atomic E-state index is -1.38. The van der Waals surface area contributed by atoms with Gasteiger partial charge in [-0.2, -0.15) is 0 Å². The number of hydrogen-bond donors (Lipinski definition) is 0. The van der Waals surface area contributed by atoms with E-state index in [4.69, 9.17) is 0 Å². The van der Waals surface area contributed by atoms with Gasteiger partial charge in [0.25, 0.3) is 0 Å². The normalized spacial score (nSPS) is 31.2. The molecule has 0 saturated heterocycles. The molecule has 2 aromatic carbocycles. The van der Waals surface area contributed by atoms with Gasteiger partial charge in [0.1, 0.15) is 5.82 Å². The molecule has 0 heterocycles. The summed E-state index contributed by atoms with van der Waals surface area (Å²) < 4.78 is 55.8. The average molecular weight is 499 g/mol. The number of halogens is 4. The molecule has 0 atom stereocenters. The van der Waals surface area contributed by atoms with Gasteiger partial charge in [-0.05, 0) is 147 Å². The fourth-order valence-electron chi connectivity index (χ4n) is 7.45. The van der Waals surface area contributed by atoms with E-state index < -0.39 is 17.5 Å². The van der Waals surface area contributed by atoms with Gasteiger partial charge < -0.3 is 0 Å². The molecule has 4 heteroatoms. The SMILES string of the molecule is C=CC1CCC(c2ccc(C3CCC(C4CCC(c5cc(F)c(F)c(F)c5)CC4)CC3)c(F)c2)CC1. The van der Waals surface area contributed by atoms with Gasteiger partial charge in [0.2, 0.25) is 0 Å². The van der Waals surface area contributed by atoms with Crippen molar-refractivity contribution in [3.05, 3.63) is 82.9 Å². The topological polar surface area (TPSA) is 0 Å². The molecule has 0 amide bonds. The molecule has 36 heavy (non-hydrogen) atoms. The van der Waals surface area contributed by atoms with Crippen molar-refractivity contribution in [2.24, 2.45) is 17.8 Å². The van der Waals surface area contributed by atoms with Crippen LogP contribution in [-0.2, 0) is 0 Å². The van der Waals surface area contributed by atoms with Gasteiger partial charge in [-0.1, -0.05) is 18.2 Å². The van der Waals surface area contributed by atoms with Crippen molar-refractivity contribution in [2.45, 2.75) is 94.8 Å². The summed E-state index contributed by atoms with van der Waals surface area (Å²) in [6.07, 6.45) is 14.8. The van der Waals surface area contributed by atoms with Crippen LogP contribution in [0.4, 0.5) is 17.6 Å². The summed E-state index contributed by atoms with van der Waals surface area (Å²) in [6.45, 7) is 3.92. The van der Waals surface area contributed by atoms with Crippen LogP contribution in [0.25, 0.3) is 0 Å². The van der Waals surface area contributed by atoms with Crippen molar-refractivity contribution in [2.75, 3.05) is 0 Å². The Balaban J connectivity index is 1.13. The third-order valence-electron chi connectivity index (χ3n) is 9.73. The summed E-state index contributed by atoms with van der Waals surface area (Å²) >= 11 is 0. The molecule has 3 saturated carbocycles. The highest BCUT2D eigenvalue weighted by Crippen LogP contribution is 2.46. The van der Waals surface area contributed by atoms with Gasteiger partial charge in [0, 0.05) is 0 Å². The molecule has 3 fully saturated rings. The molecule has 0 aliphatic heterocycles. The first-order chi connectivity index (χ1) is 17.4. The number of allylic oxidation sites excluding steroid dienone is 1. The Morgan fingerprint density at radius 3 is 1.56 bits per heavy atom. The minimum Gasteiger partial charge on any atom is -0.207 e. The van der Waals surface area contributed by atoms with Crippen LogP contribution < -0.4 is 0 Å². The predicted molar refractivity (Wildman–Crippen MR) is 137 cm³/mol. The van der Waals surface area contributed by atoms with E-state index in [0.29, 0.717) is 35.2 Å². The highest BCUT2D eigenvalue weighted by Gasteiger charge is 2.33. The number of benzene rings is 2. The highest BCUT2D eigenvalue weighted by molar-refractivity contribution is 5.30. The van der Waals surface area contributed by atoms with Crippen molar-refractivity contribution in [3.8, 4) is 0 Å². The molecular formula is C32H38F4. The predicted octanol–water partition coefficient (Wildman–Crippen LogP) is 9.95. The second kappa shape index (κ2) is 11.1. The largest absolute Gasteiger partial charge is 0.207 e. The molecule has 3 aliphatic carbocycles. The minimum absolute atomic E-state index is 0.0268. The van der Waals surface area contributed by atoms with Gasteiger partial charge in [0.15, 0.2) is 17.5 Å². The molecule has 194 valence electrons. The smallest absolute Gasteiger partial charge is 0.194 e. The van der Waals surface area contributed by atoms with E-state index in [-0.39, 0.29) is 11.7 Å². The summed E-state index contributed by atoms with van der Waals surface area (Å²) in [7, 11) is 0. The first-order valence-electron chi connectivity index (χ1n) is 14.0. The van der Waals surface area contributed by atoms with Crippen LogP contribution in [0.5, 0.6) is 0 Å². The standard InChI is InChI=1S/C32H38F4/c1-2-20-3-5-23(6-4-20)26-15-16-28(29(33)17-26)25-13-11-22(12-14-25)21-7-9-24(10-8-21)27-18-30(34)32(36)31(35)19-27/h2,15-25H,1,3-14H2. The summed E-state index contributed by atoms with van der Waals surface area (Å²) in [4.78, 5) is 0. The molecule has 0 nitrogen and oxygen atoms in total. The Morgan fingerprint density at radius 1 is 0.556 bits per heavy atom. The summed E-state index contributed by atoms with van der Waals surface area (Å²) in [5.74, 6) is -0.844. The molecule has 0 N–H and O–H groups in total. The molecule has 0 spiro atoms. The van der Waals surface area contributed by atoms with Crippen molar-refractivity contribution < 1.29 is 17.6 Å². The van der Waals surface area contributed by atoms with E-state index in [2.05, 4.69) is 24.8 Å². The van der Waals surface area contributed by atoms with E-state index in [1.807, 2.05) is 6.07 Å². The van der Waals surface area contributed by atoms with Gasteiger partial charge in [0.05, 0.1) is 0 Å². The quantitative estimate of drug-likeness (QED) is 0.219. The first-order valence-corrected chi connectivity index (χ1v) is 14.0. The van der Waals surface area contributed by atoms with Gasteiger partial charge in [-0.3, -0.25) is 0 Å². The fraction of sp³-hybridized carbons (Fsp3) is 0.562. The third-order valence-corrected chi connectivity index (χ3v) is 9.73. The average Bonchev–Trinajstić information content (AvgIpc) is 2.92. The fourth-order valence-corrected chi connectivity index (χ4v) is 7.45.